The van der Waals surface area contributed by atoms with Crippen LogP contribution in [0.25, 0.3) is 33.5 Å². The molecule has 0 aliphatic carbocycles. The highest BCUT2D eigenvalue weighted by Crippen LogP contribution is 2.31. The van der Waals surface area contributed by atoms with Crippen LogP contribution in [0.15, 0.2) is 48.5 Å². The van der Waals surface area contributed by atoms with Crippen molar-refractivity contribution in [2.45, 2.75) is 6.92 Å². The molecule has 5 heteroatoms. The first kappa shape index (κ1) is 11.8. The fraction of sp³-hybridized carbons (Fsp3) is 0.0625. The Morgan fingerprint density at radius 2 is 1.81 bits per heavy atom. The molecule has 0 aliphatic rings. The highest BCUT2D eigenvalue weighted by atomic mass is 15.5. The van der Waals surface area contributed by atoms with Crippen molar-refractivity contribution in [2.75, 3.05) is 0 Å². The fourth-order valence-corrected chi connectivity index (χ4v) is 2.59. The number of fused-ring (bicyclic) bond motifs is 1. The molecule has 5 nitrogen and oxygen atoms in total. The van der Waals surface area contributed by atoms with Gasteiger partial charge in [-0.2, -0.15) is 0 Å². The summed E-state index contributed by atoms with van der Waals surface area (Å²) in [6, 6.07) is 16.6. The Morgan fingerprint density at radius 3 is 2.62 bits per heavy atom. The van der Waals surface area contributed by atoms with E-state index in [2.05, 4.69) is 62.9 Å². The van der Waals surface area contributed by atoms with Gasteiger partial charge in [0, 0.05) is 27.7 Å². The molecule has 0 aliphatic heterocycles. The fourth-order valence-electron chi connectivity index (χ4n) is 2.59. The third-order valence-corrected chi connectivity index (χ3v) is 3.59. The largest absolute Gasteiger partial charge is 0.355 e. The molecular formula is C16H13N5. The summed E-state index contributed by atoms with van der Waals surface area (Å²) in [4.78, 5) is 3.46. The molecule has 0 unspecified atom stereocenters. The first-order chi connectivity index (χ1) is 10.3. The molecular weight excluding hydrogens is 262 g/mol. The number of nitrogens with zero attached hydrogens (tertiary/aromatic N) is 3. The predicted molar refractivity (Wildman–Crippen MR) is 81.6 cm³/mol. The highest BCUT2D eigenvalue weighted by molar-refractivity contribution is 5.89. The van der Waals surface area contributed by atoms with E-state index in [1.165, 1.54) is 10.9 Å². The van der Waals surface area contributed by atoms with Crippen LogP contribution in [-0.2, 0) is 0 Å². The van der Waals surface area contributed by atoms with Crippen molar-refractivity contribution in [1.82, 2.24) is 25.6 Å². The average molecular weight is 275 g/mol. The van der Waals surface area contributed by atoms with Crippen LogP contribution in [0.4, 0.5) is 0 Å². The number of hydrogen-bond acceptors (Lipinski definition) is 3. The van der Waals surface area contributed by atoms with Crippen LogP contribution < -0.4 is 0 Å². The number of aromatic amines is 2. The van der Waals surface area contributed by atoms with Crippen LogP contribution in [0.2, 0.25) is 0 Å². The summed E-state index contributed by atoms with van der Waals surface area (Å²) in [6.45, 7) is 2.10. The third kappa shape index (κ3) is 1.99. The molecule has 0 radical (unpaired) electrons. The van der Waals surface area contributed by atoms with Crippen LogP contribution >= 0.6 is 0 Å². The number of benzene rings is 2. The molecule has 2 heterocycles. The van der Waals surface area contributed by atoms with Crippen LogP contribution in [0.5, 0.6) is 0 Å². The van der Waals surface area contributed by atoms with Crippen molar-refractivity contribution in [3.8, 4) is 22.6 Å². The van der Waals surface area contributed by atoms with Crippen molar-refractivity contribution in [1.29, 1.82) is 0 Å². The van der Waals surface area contributed by atoms with Gasteiger partial charge in [0.05, 0.1) is 0 Å². The van der Waals surface area contributed by atoms with Crippen LogP contribution in [0, 0.1) is 6.92 Å². The van der Waals surface area contributed by atoms with E-state index in [0.29, 0.717) is 5.82 Å². The Hall–Kier alpha value is -2.95. The lowest BCUT2D eigenvalue weighted by molar-refractivity contribution is 0.881. The van der Waals surface area contributed by atoms with E-state index in [4.69, 9.17) is 0 Å². The monoisotopic (exact) mass is 275 g/mol. The zero-order valence-corrected chi connectivity index (χ0v) is 11.5. The lowest BCUT2D eigenvalue weighted by Crippen LogP contribution is -1.87. The molecule has 0 amide bonds. The number of rotatable bonds is 2. The molecule has 0 saturated carbocycles. The van der Waals surface area contributed by atoms with Crippen molar-refractivity contribution < 1.29 is 0 Å². The van der Waals surface area contributed by atoms with Gasteiger partial charge in [-0.15, -0.1) is 5.10 Å². The summed E-state index contributed by atoms with van der Waals surface area (Å²) in [6.07, 6.45) is 0. The molecule has 4 rings (SSSR count). The number of tetrazole rings is 1. The van der Waals surface area contributed by atoms with Gasteiger partial charge < -0.3 is 4.98 Å². The average Bonchev–Trinajstić information content (AvgIpc) is 3.16. The first-order valence-corrected chi connectivity index (χ1v) is 6.74. The summed E-state index contributed by atoms with van der Waals surface area (Å²) < 4.78 is 0. The van der Waals surface area contributed by atoms with E-state index in [-0.39, 0.29) is 0 Å². The minimum absolute atomic E-state index is 0.667. The van der Waals surface area contributed by atoms with Crippen molar-refractivity contribution in [3.05, 3.63) is 54.1 Å². The summed E-state index contributed by atoms with van der Waals surface area (Å²) >= 11 is 0. The van der Waals surface area contributed by atoms with Crippen LogP contribution in [-0.4, -0.2) is 25.6 Å². The van der Waals surface area contributed by atoms with E-state index in [9.17, 15) is 0 Å². The van der Waals surface area contributed by atoms with Gasteiger partial charge in [0.2, 0.25) is 0 Å². The topological polar surface area (TPSA) is 70.2 Å². The molecule has 2 N–H and O–H groups in total. The normalized spacial score (nSPS) is 11.1. The highest BCUT2D eigenvalue weighted by Gasteiger charge is 2.11. The van der Waals surface area contributed by atoms with Gasteiger partial charge in [0.25, 0.3) is 0 Å². The molecule has 0 saturated heterocycles. The number of hydrogen-bond donors (Lipinski definition) is 2. The summed E-state index contributed by atoms with van der Waals surface area (Å²) in [7, 11) is 0. The quantitative estimate of drug-likeness (QED) is 0.589. The molecule has 102 valence electrons. The molecule has 0 atom stereocenters. The van der Waals surface area contributed by atoms with Gasteiger partial charge in [-0.3, -0.25) is 0 Å². The first-order valence-electron chi connectivity index (χ1n) is 6.74. The second-order valence-electron chi connectivity index (χ2n) is 5.07. The molecule has 0 spiro atoms. The Bertz CT molecular complexity index is 905. The van der Waals surface area contributed by atoms with Crippen LogP contribution in [0.1, 0.15) is 5.56 Å². The zero-order chi connectivity index (χ0) is 14.2. The maximum absolute atomic E-state index is 4.01. The second-order valence-corrected chi connectivity index (χ2v) is 5.07. The minimum atomic E-state index is 0.667. The van der Waals surface area contributed by atoms with Crippen LogP contribution in [0.3, 0.4) is 0 Å². The lowest BCUT2D eigenvalue weighted by atomic mass is 10.0. The Kier molecular flexibility index (Phi) is 2.57. The number of nitrogens with one attached hydrogen (secondary N) is 2. The summed E-state index contributed by atoms with van der Waals surface area (Å²) in [5.41, 5.74) is 5.49. The van der Waals surface area contributed by atoms with Gasteiger partial charge in [0.1, 0.15) is 0 Å². The van der Waals surface area contributed by atoms with Gasteiger partial charge in [0.15, 0.2) is 5.82 Å². The summed E-state index contributed by atoms with van der Waals surface area (Å²) in [5, 5.41) is 15.3. The third-order valence-electron chi connectivity index (χ3n) is 3.59. The predicted octanol–water partition coefficient (Wildman–Crippen LogP) is 3.32. The molecule has 2 aromatic heterocycles. The zero-order valence-electron chi connectivity index (χ0n) is 11.5. The second kappa shape index (κ2) is 4.56. The van der Waals surface area contributed by atoms with Gasteiger partial charge in [-0.25, -0.2) is 5.10 Å². The van der Waals surface area contributed by atoms with Gasteiger partial charge >= 0.3 is 0 Å². The maximum atomic E-state index is 4.01. The molecule has 21 heavy (non-hydrogen) atoms. The SMILES string of the molecule is Cc1ccc2[nH]c(-c3ccccc3-c3nnn[nH]3)cc2c1. The smallest absolute Gasteiger partial charge is 0.180 e. The van der Waals surface area contributed by atoms with E-state index < -0.39 is 0 Å². The standard InChI is InChI=1S/C16H13N5/c1-10-6-7-14-11(8-10)9-15(17-14)12-4-2-3-5-13(12)16-18-20-21-19-16/h2-9,17H,1H3,(H,18,19,20,21). The Balaban J connectivity index is 1.93. The van der Waals surface area contributed by atoms with E-state index in [0.717, 1.165) is 22.3 Å². The molecule has 2 aromatic carbocycles. The van der Waals surface area contributed by atoms with Crippen molar-refractivity contribution in [2.24, 2.45) is 0 Å². The van der Waals surface area contributed by atoms with E-state index in [1.54, 1.807) is 0 Å². The molecule has 0 fully saturated rings. The van der Waals surface area contributed by atoms with E-state index in [1.807, 2.05) is 18.2 Å². The van der Waals surface area contributed by atoms with Gasteiger partial charge in [-0.05, 0) is 35.5 Å². The number of aryl methyl sites for hydroxylation is 1. The lowest BCUT2D eigenvalue weighted by Gasteiger charge is -2.04. The van der Waals surface area contributed by atoms with Crippen molar-refractivity contribution >= 4 is 10.9 Å². The minimum Gasteiger partial charge on any atom is -0.355 e. The molecule has 0 bridgehead atoms. The maximum Gasteiger partial charge on any atom is 0.180 e. The van der Waals surface area contributed by atoms with E-state index >= 15 is 0 Å². The Labute approximate surface area is 121 Å². The number of aromatic nitrogens is 5. The number of H-pyrrole nitrogens is 2. The van der Waals surface area contributed by atoms with Gasteiger partial charge in [-0.1, -0.05) is 35.9 Å². The summed E-state index contributed by atoms with van der Waals surface area (Å²) in [5.74, 6) is 0.667. The Morgan fingerprint density at radius 1 is 0.952 bits per heavy atom. The van der Waals surface area contributed by atoms with Crippen molar-refractivity contribution in [3.63, 3.8) is 0 Å². The molecule has 4 aromatic rings.